The molecule has 154 valence electrons. The highest BCUT2D eigenvalue weighted by Crippen LogP contribution is 2.29. The molecule has 1 unspecified atom stereocenters. The Morgan fingerprint density at radius 3 is 2.86 bits per heavy atom. The lowest BCUT2D eigenvalue weighted by atomic mass is 9.96. The lowest BCUT2D eigenvalue weighted by Crippen LogP contribution is -2.41. The van der Waals surface area contributed by atoms with Crippen LogP contribution < -0.4 is 5.32 Å². The lowest BCUT2D eigenvalue weighted by molar-refractivity contribution is 0.181. The number of aromatic nitrogens is 4. The van der Waals surface area contributed by atoms with Crippen molar-refractivity contribution in [1.29, 1.82) is 0 Å². The summed E-state index contributed by atoms with van der Waals surface area (Å²) in [6.45, 7) is 6.36. The number of halogens is 1. The van der Waals surface area contributed by atoms with E-state index in [1.807, 2.05) is 13.0 Å². The van der Waals surface area contributed by atoms with Gasteiger partial charge in [-0.2, -0.15) is 14.8 Å². The van der Waals surface area contributed by atoms with Crippen molar-refractivity contribution in [3.8, 4) is 5.95 Å². The Hall–Kier alpha value is -2.32. The fourth-order valence-electron chi connectivity index (χ4n) is 4.66. The van der Waals surface area contributed by atoms with E-state index in [0.717, 1.165) is 50.1 Å². The van der Waals surface area contributed by atoms with Crippen LogP contribution in [-0.2, 0) is 6.42 Å². The van der Waals surface area contributed by atoms with Gasteiger partial charge >= 0.3 is 0 Å². The van der Waals surface area contributed by atoms with Gasteiger partial charge < -0.3 is 14.7 Å². The van der Waals surface area contributed by atoms with Crippen LogP contribution in [0.1, 0.15) is 50.1 Å². The highest BCUT2D eigenvalue weighted by molar-refractivity contribution is 5.83. The van der Waals surface area contributed by atoms with Gasteiger partial charge in [0.2, 0.25) is 5.89 Å². The molecule has 1 aromatic carbocycles. The maximum absolute atomic E-state index is 14.5. The molecule has 0 radical (unpaired) electrons. The first kappa shape index (κ1) is 18.7. The van der Waals surface area contributed by atoms with Crippen LogP contribution in [0.4, 0.5) is 4.39 Å². The third kappa shape index (κ3) is 3.55. The van der Waals surface area contributed by atoms with Crippen LogP contribution in [0.3, 0.4) is 0 Å². The van der Waals surface area contributed by atoms with Crippen LogP contribution in [0.5, 0.6) is 0 Å². The van der Waals surface area contributed by atoms with Crippen molar-refractivity contribution in [1.82, 2.24) is 30.1 Å². The number of hydrogen-bond donors (Lipinski definition) is 1. The predicted molar refractivity (Wildman–Crippen MR) is 108 cm³/mol. The molecule has 2 aromatic heterocycles. The molecule has 2 saturated heterocycles. The van der Waals surface area contributed by atoms with Gasteiger partial charge in [0.25, 0.3) is 5.95 Å². The zero-order chi connectivity index (χ0) is 19.8. The van der Waals surface area contributed by atoms with E-state index >= 15 is 0 Å². The molecule has 5 rings (SSSR count). The monoisotopic (exact) mass is 398 g/mol. The van der Waals surface area contributed by atoms with Crippen LogP contribution in [0.2, 0.25) is 0 Å². The first-order valence-corrected chi connectivity index (χ1v) is 10.7. The Morgan fingerprint density at radius 2 is 2.10 bits per heavy atom. The van der Waals surface area contributed by atoms with Gasteiger partial charge in [0.1, 0.15) is 11.3 Å². The Morgan fingerprint density at radius 1 is 1.24 bits per heavy atom. The normalized spacial score (nSPS) is 21.4. The lowest BCUT2D eigenvalue weighted by Gasteiger charge is -2.32. The van der Waals surface area contributed by atoms with Crippen LogP contribution in [0.15, 0.2) is 22.7 Å². The maximum atomic E-state index is 14.5. The van der Waals surface area contributed by atoms with Gasteiger partial charge in [-0.25, -0.2) is 4.39 Å². The molecule has 0 amide bonds. The van der Waals surface area contributed by atoms with E-state index < -0.39 is 0 Å². The fraction of sp³-hybridized carbons (Fsp3) is 0.571. The number of benzene rings is 1. The highest BCUT2D eigenvalue weighted by Gasteiger charge is 2.28. The summed E-state index contributed by atoms with van der Waals surface area (Å²) in [6.07, 6.45) is 5.28. The molecule has 7 nitrogen and oxygen atoms in total. The van der Waals surface area contributed by atoms with E-state index in [2.05, 4.69) is 25.5 Å². The van der Waals surface area contributed by atoms with Gasteiger partial charge in [0, 0.05) is 23.9 Å². The first-order chi connectivity index (χ1) is 14.2. The van der Waals surface area contributed by atoms with Gasteiger partial charge in [0.15, 0.2) is 0 Å². The van der Waals surface area contributed by atoms with Gasteiger partial charge in [-0.15, -0.1) is 0 Å². The summed E-state index contributed by atoms with van der Waals surface area (Å²) in [5, 5.41) is 13.0. The molecule has 0 bridgehead atoms. The average Bonchev–Trinajstić information content (AvgIpc) is 3.48. The zero-order valence-corrected chi connectivity index (χ0v) is 16.8. The van der Waals surface area contributed by atoms with Crippen molar-refractivity contribution >= 4 is 10.9 Å². The molecule has 2 fully saturated rings. The summed E-state index contributed by atoms with van der Waals surface area (Å²) < 4.78 is 21.6. The Bertz CT molecular complexity index is 984. The van der Waals surface area contributed by atoms with E-state index in [1.54, 1.807) is 6.07 Å². The van der Waals surface area contributed by atoms with E-state index in [9.17, 15) is 4.39 Å². The van der Waals surface area contributed by atoms with Gasteiger partial charge in [-0.3, -0.25) is 0 Å². The first-order valence-electron chi connectivity index (χ1n) is 10.7. The van der Waals surface area contributed by atoms with E-state index in [1.165, 1.54) is 23.6 Å². The Balaban J connectivity index is 1.32. The molecule has 1 N–H and O–H groups in total. The molecular formula is C21H27FN6O. The predicted octanol–water partition coefficient (Wildman–Crippen LogP) is 3.04. The molecule has 2 aliphatic heterocycles. The highest BCUT2D eigenvalue weighted by atomic mass is 19.1. The van der Waals surface area contributed by atoms with Crippen LogP contribution in [0.25, 0.3) is 16.9 Å². The molecule has 0 spiro atoms. The van der Waals surface area contributed by atoms with Crippen LogP contribution in [0, 0.1) is 5.82 Å². The second kappa shape index (κ2) is 7.84. The summed E-state index contributed by atoms with van der Waals surface area (Å²) in [7, 11) is 0. The second-order valence-electron chi connectivity index (χ2n) is 8.15. The number of rotatable bonds is 5. The topological polar surface area (TPSA) is 72.0 Å². The number of likely N-dealkylation sites (tertiary alicyclic amines) is 1. The number of piperidine rings is 1. The zero-order valence-electron chi connectivity index (χ0n) is 16.8. The summed E-state index contributed by atoms with van der Waals surface area (Å²) in [6, 6.07) is 5.67. The van der Waals surface area contributed by atoms with Gasteiger partial charge in [-0.1, -0.05) is 19.1 Å². The minimum absolute atomic E-state index is 0.251. The minimum atomic E-state index is -0.324. The van der Waals surface area contributed by atoms with Crippen LogP contribution in [-0.4, -0.2) is 57.0 Å². The number of nitrogens with zero attached hydrogens (tertiary/aromatic N) is 5. The number of nitrogens with one attached hydrogen (secondary N) is 1. The number of fused-ring (bicyclic) bond motifs is 1. The summed E-state index contributed by atoms with van der Waals surface area (Å²) in [5.41, 5.74) is 1.25. The molecule has 29 heavy (non-hydrogen) atoms. The molecule has 0 aliphatic carbocycles. The third-order valence-corrected chi connectivity index (χ3v) is 6.26. The second-order valence-corrected chi connectivity index (χ2v) is 8.15. The van der Waals surface area contributed by atoms with Crippen molar-refractivity contribution in [2.24, 2.45) is 0 Å². The molecule has 4 heterocycles. The van der Waals surface area contributed by atoms with Crippen molar-refractivity contribution in [2.45, 2.75) is 51.0 Å². The van der Waals surface area contributed by atoms with Crippen molar-refractivity contribution in [3.63, 3.8) is 0 Å². The number of para-hydroxylation sites is 1. The Labute approximate surface area is 169 Å². The number of hydrogen-bond acceptors (Lipinski definition) is 6. The average molecular weight is 398 g/mol. The van der Waals surface area contributed by atoms with E-state index in [0.29, 0.717) is 29.8 Å². The minimum Gasteiger partial charge on any atom is -0.337 e. The molecule has 1 atom stereocenters. The molecule has 2 aliphatic rings. The number of aryl methyl sites for hydroxylation is 1. The SMILES string of the molecule is CCc1nn(-c2noc(C3CCN(CC4CCCN4)CC3)n2)c2c(F)cccc12. The molecule has 8 heteroatoms. The van der Waals surface area contributed by atoms with Crippen molar-refractivity contribution in [3.05, 3.63) is 35.6 Å². The molecule has 3 aromatic rings. The molecule has 0 saturated carbocycles. The largest absolute Gasteiger partial charge is 0.337 e. The Kier molecular flexibility index (Phi) is 5.05. The van der Waals surface area contributed by atoms with Crippen LogP contribution >= 0.6 is 0 Å². The summed E-state index contributed by atoms with van der Waals surface area (Å²) in [4.78, 5) is 7.12. The summed E-state index contributed by atoms with van der Waals surface area (Å²) >= 11 is 0. The maximum Gasteiger partial charge on any atom is 0.291 e. The third-order valence-electron chi connectivity index (χ3n) is 6.26. The van der Waals surface area contributed by atoms with Gasteiger partial charge in [-0.05, 0) is 63.0 Å². The van der Waals surface area contributed by atoms with Crippen molar-refractivity contribution in [2.75, 3.05) is 26.2 Å². The van der Waals surface area contributed by atoms with Gasteiger partial charge in [0.05, 0.1) is 5.69 Å². The molecular weight excluding hydrogens is 371 g/mol. The fourth-order valence-corrected chi connectivity index (χ4v) is 4.66. The smallest absolute Gasteiger partial charge is 0.291 e. The van der Waals surface area contributed by atoms with Crippen molar-refractivity contribution < 1.29 is 8.91 Å². The van der Waals surface area contributed by atoms with E-state index in [4.69, 9.17) is 4.52 Å². The standard InChI is InChI=1S/C21H27FN6O/c1-2-18-16-6-3-7-17(22)19(16)28(25-18)21-24-20(29-26-21)14-8-11-27(12-9-14)13-15-5-4-10-23-15/h3,6-7,14-15,23H,2,4-5,8-13H2,1H3. The van der Waals surface area contributed by atoms with E-state index in [-0.39, 0.29) is 11.7 Å². The summed E-state index contributed by atoms with van der Waals surface area (Å²) in [5.74, 6) is 0.875. The quantitative estimate of drug-likeness (QED) is 0.712.